The van der Waals surface area contributed by atoms with Gasteiger partial charge in [0.25, 0.3) is 5.91 Å². The Morgan fingerprint density at radius 1 is 1.50 bits per heavy atom. The lowest BCUT2D eigenvalue weighted by atomic mass is 10.0. The van der Waals surface area contributed by atoms with Crippen molar-refractivity contribution in [2.45, 2.75) is 25.5 Å². The van der Waals surface area contributed by atoms with Crippen molar-refractivity contribution in [2.75, 3.05) is 33.0 Å². The zero-order valence-electron chi connectivity index (χ0n) is 14.4. The van der Waals surface area contributed by atoms with Crippen LogP contribution in [-0.2, 0) is 4.74 Å². The number of hydrogen-bond donors (Lipinski definition) is 3. The minimum atomic E-state index is -0.247. The minimum absolute atomic E-state index is 0.0511. The second kappa shape index (κ2) is 10.2. The number of amides is 1. The number of hydrogen-bond acceptors (Lipinski definition) is 5. The van der Waals surface area contributed by atoms with E-state index in [1.807, 2.05) is 6.92 Å². The highest BCUT2D eigenvalue weighted by Crippen LogP contribution is 2.29. The number of carbonyl (C=O) groups excluding carboxylic acids is 1. The number of benzene rings is 1. The molecular formula is C17H26ClN3O3. The second-order valence-electron chi connectivity index (χ2n) is 5.33. The molecule has 0 saturated carbocycles. The van der Waals surface area contributed by atoms with E-state index in [1.165, 1.54) is 13.2 Å². The van der Waals surface area contributed by atoms with Crippen LogP contribution in [0.4, 0.5) is 5.69 Å². The van der Waals surface area contributed by atoms with E-state index in [4.69, 9.17) is 26.8 Å². The summed E-state index contributed by atoms with van der Waals surface area (Å²) in [6, 6.07) is 3.02. The summed E-state index contributed by atoms with van der Waals surface area (Å²) in [6.45, 7) is 6.80. The van der Waals surface area contributed by atoms with Crippen LogP contribution in [0.15, 0.2) is 24.8 Å². The molecule has 2 rings (SSSR count). The maximum Gasteiger partial charge on any atom is 0.255 e. The van der Waals surface area contributed by atoms with Gasteiger partial charge in [0.2, 0.25) is 0 Å². The van der Waals surface area contributed by atoms with Gasteiger partial charge in [-0.2, -0.15) is 0 Å². The predicted molar refractivity (Wildman–Crippen MR) is 97.8 cm³/mol. The summed E-state index contributed by atoms with van der Waals surface area (Å²) >= 11 is 5.99. The van der Waals surface area contributed by atoms with Crippen molar-refractivity contribution in [1.29, 1.82) is 0 Å². The number of nitrogen functional groups attached to an aromatic ring is 1. The van der Waals surface area contributed by atoms with E-state index in [-0.39, 0.29) is 18.1 Å². The first-order chi connectivity index (χ1) is 11.5. The molecule has 0 bridgehead atoms. The molecule has 24 heavy (non-hydrogen) atoms. The maximum atomic E-state index is 12.5. The van der Waals surface area contributed by atoms with Crippen molar-refractivity contribution in [3.05, 3.63) is 35.4 Å². The molecule has 7 heteroatoms. The molecule has 1 aliphatic heterocycles. The Labute approximate surface area is 148 Å². The number of carbonyl (C=O) groups is 1. The Morgan fingerprint density at radius 2 is 2.17 bits per heavy atom. The average molecular weight is 356 g/mol. The monoisotopic (exact) mass is 355 g/mol. The third-order valence-electron chi connectivity index (χ3n) is 3.61. The Bertz CT molecular complexity index is 566. The van der Waals surface area contributed by atoms with Gasteiger partial charge in [0.1, 0.15) is 5.75 Å². The predicted octanol–water partition coefficient (Wildman–Crippen LogP) is 2.23. The molecule has 0 spiro atoms. The molecule has 0 aromatic heterocycles. The normalized spacial score (nSPS) is 19.7. The fraction of sp³-hybridized carbons (Fsp3) is 0.471. The van der Waals surface area contributed by atoms with E-state index in [1.54, 1.807) is 19.3 Å². The van der Waals surface area contributed by atoms with Crippen LogP contribution in [0, 0.1) is 0 Å². The molecule has 0 aliphatic carbocycles. The summed E-state index contributed by atoms with van der Waals surface area (Å²) < 4.78 is 10.6. The highest BCUT2D eigenvalue weighted by atomic mass is 35.5. The molecule has 4 N–H and O–H groups in total. The Hall–Kier alpha value is -1.76. The Morgan fingerprint density at radius 3 is 2.75 bits per heavy atom. The third kappa shape index (κ3) is 5.40. The molecule has 2 atom stereocenters. The quantitative estimate of drug-likeness (QED) is 0.569. The SMILES string of the molecule is C=CC.COc1cc(N)c(Cl)cc1C(=O)N[C@@H]1CCNC[C@@H]1OC. The molecule has 6 nitrogen and oxygen atoms in total. The van der Waals surface area contributed by atoms with Gasteiger partial charge in [-0.15, -0.1) is 6.58 Å². The molecule has 0 unspecified atom stereocenters. The van der Waals surface area contributed by atoms with E-state index in [0.717, 1.165) is 13.0 Å². The largest absolute Gasteiger partial charge is 0.496 e. The van der Waals surface area contributed by atoms with E-state index >= 15 is 0 Å². The highest BCUT2D eigenvalue weighted by molar-refractivity contribution is 6.33. The number of methoxy groups -OCH3 is 2. The molecule has 1 aromatic rings. The van der Waals surface area contributed by atoms with Crippen LogP contribution in [0.25, 0.3) is 0 Å². The van der Waals surface area contributed by atoms with Gasteiger partial charge in [0.05, 0.1) is 35.5 Å². The molecular weight excluding hydrogens is 330 g/mol. The van der Waals surface area contributed by atoms with Crippen LogP contribution in [0.5, 0.6) is 5.75 Å². The van der Waals surface area contributed by atoms with Gasteiger partial charge in [-0.25, -0.2) is 0 Å². The van der Waals surface area contributed by atoms with Crippen LogP contribution < -0.4 is 21.1 Å². The van der Waals surface area contributed by atoms with E-state index in [9.17, 15) is 4.79 Å². The van der Waals surface area contributed by atoms with Gasteiger partial charge in [0, 0.05) is 19.7 Å². The number of anilines is 1. The minimum Gasteiger partial charge on any atom is -0.496 e. The molecule has 1 fully saturated rings. The van der Waals surface area contributed by atoms with Crippen LogP contribution in [0.3, 0.4) is 0 Å². The average Bonchev–Trinajstić information content (AvgIpc) is 2.58. The topological polar surface area (TPSA) is 85.6 Å². The van der Waals surface area contributed by atoms with Crippen molar-refractivity contribution >= 4 is 23.2 Å². The first kappa shape index (κ1) is 20.3. The van der Waals surface area contributed by atoms with Crippen molar-refractivity contribution in [2.24, 2.45) is 0 Å². The molecule has 1 saturated heterocycles. The van der Waals surface area contributed by atoms with Crippen molar-refractivity contribution in [3.8, 4) is 5.75 Å². The summed E-state index contributed by atoms with van der Waals surface area (Å²) in [4.78, 5) is 12.5. The molecule has 0 radical (unpaired) electrons. The number of rotatable bonds is 4. The molecule has 1 amide bonds. The summed E-state index contributed by atoms with van der Waals surface area (Å²) in [5, 5.41) is 6.53. The Kier molecular flexibility index (Phi) is 8.60. The fourth-order valence-electron chi connectivity index (χ4n) is 2.40. The molecule has 1 heterocycles. The van der Waals surface area contributed by atoms with Gasteiger partial charge in [-0.05, 0) is 26.0 Å². The van der Waals surface area contributed by atoms with Gasteiger partial charge >= 0.3 is 0 Å². The number of piperidine rings is 1. The third-order valence-corrected chi connectivity index (χ3v) is 3.94. The zero-order valence-corrected chi connectivity index (χ0v) is 15.2. The smallest absolute Gasteiger partial charge is 0.255 e. The highest BCUT2D eigenvalue weighted by Gasteiger charge is 2.27. The van der Waals surface area contributed by atoms with Gasteiger partial charge in [-0.1, -0.05) is 17.7 Å². The Balaban J connectivity index is 0.000000891. The fourth-order valence-corrected chi connectivity index (χ4v) is 2.57. The van der Waals surface area contributed by atoms with E-state index < -0.39 is 0 Å². The van der Waals surface area contributed by atoms with Crippen LogP contribution in [0.1, 0.15) is 23.7 Å². The molecule has 134 valence electrons. The van der Waals surface area contributed by atoms with Crippen molar-refractivity contribution in [1.82, 2.24) is 10.6 Å². The number of allylic oxidation sites excluding steroid dienone is 1. The van der Waals surface area contributed by atoms with Crippen molar-refractivity contribution in [3.63, 3.8) is 0 Å². The standard InChI is InChI=1S/C14H20ClN3O3.C3H6/c1-20-12-6-10(16)9(15)5-8(12)14(19)18-11-3-4-17-7-13(11)21-2;1-3-2/h5-6,11,13,17H,3-4,7,16H2,1-2H3,(H,18,19);3H,1H2,2H3/t11-,13+;/m1./s1. The summed E-state index contributed by atoms with van der Waals surface area (Å²) in [5.41, 5.74) is 6.46. The lowest BCUT2D eigenvalue weighted by Crippen LogP contribution is -2.53. The van der Waals surface area contributed by atoms with Gasteiger partial charge < -0.3 is 25.8 Å². The lowest BCUT2D eigenvalue weighted by molar-refractivity contribution is 0.0476. The first-order valence-corrected chi connectivity index (χ1v) is 8.10. The van der Waals surface area contributed by atoms with Gasteiger partial charge in [-0.3, -0.25) is 4.79 Å². The number of nitrogens with two attached hydrogens (primary N) is 1. The second-order valence-corrected chi connectivity index (χ2v) is 5.74. The lowest BCUT2D eigenvalue weighted by Gasteiger charge is -2.31. The van der Waals surface area contributed by atoms with Crippen molar-refractivity contribution < 1.29 is 14.3 Å². The molecule has 1 aliphatic rings. The summed E-state index contributed by atoms with van der Waals surface area (Å²) in [6.07, 6.45) is 2.49. The van der Waals surface area contributed by atoms with Crippen LogP contribution >= 0.6 is 11.6 Å². The molecule has 1 aromatic carbocycles. The number of nitrogens with one attached hydrogen (secondary N) is 2. The zero-order chi connectivity index (χ0) is 18.1. The van der Waals surface area contributed by atoms with E-state index in [2.05, 4.69) is 17.2 Å². The first-order valence-electron chi connectivity index (χ1n) is 7.72. The number of halogens is 1. The van der Waals surface area contributed by atoms with E-state index in [0.29, 0.717) is 28.6 Å². The number of ether oxygens (including phenoxy) is 2. The summed E-state index contributed by atoms with van der Waals surface area (Å²) in [7, 11) is 3.12. The summed E-state index contributed by atoms with van der Waals surface area (Å²) in [5.74, 6) is 0.153. The van der Waals surface area contributed by atoms with Gasteiger partial charge in [0.15, 0.2) is 0 Å². The van der Waals surface area contributed by atoms with Crippen LogP contribution in [0.2, 0.25) is 5.02 Å². The maximum absolute atomic E-state index is 12.5. The van der Waals surface area contributed by atoms with Crippen LogP contribution in [-0.4, -0.2) is 45.4 Å².